The minimum atomic E-state index is -4.16. The van der Waals surface area contributed by atoms with Crippen molar-refractivity contribution in [3.05, 3.63) is 70.1 Å². The SMILES string of the molecule is CCOS(=O)(=O)ON(CC)c1ccc(N=Nc2nc(N3CCCCC3)c(C=C3C(=O)c4ccccc4C3=O)s2)cc1.[H-].[Na+]. The van der Waals surface area contributed by atoms with E-state index in [0.717, 1.165) is 32.4 Å². The Hall–Kier alpha value is -2.78. The van der Waals surface area contributed by atoms with Gasteiger partial charge in [0.05, 0.1) is 28.4 Å². The van der Waals surface area contributed by atoms with Crippen LogP contribution >= 0.6 is 11.3 Å². The molecule has 1 saturated heterocycles. The van der Waals surface area contributed by atoms with Gasteiger partial charge in [0.2, 0.25) is 5.13 Å². The van der Waals surface area contributed by atoms with Crippen molar-refractivity contribution in [2.24, 2.45) is 10.2 Å². The second-order valence-electron chi connectivity index (χ2n) is 9.29. The number of aromatic nitrogens is 1. The van der Waals surface area contributed by atoms with Crippen LogP contribution in [0.15, 0.2) is 64.3 Å². The molecule has 0 spiro atoms. The molecule has 14 heteroatoms. The number of anilines is 2. The van der Waals surface area contributed by atoms with Gasteiger partial charge in [-0.05, 0) is 63.5 Å². The fourth-order valence-electron chi connectivity index (χ4n) is 4.66. The third-order valence-corrected chi connectivity index (χ3v) is 8.34. The number of hydroxylamine groups is 1. The van der Waals surface area contributed by atoms with Crippen LogP contribution in [0.4, 0.5) is 22.3 Å². The Kier molecular flexibility index (Phi) is 10.8. The van der Waals surface area contributed by atoms with Gasteiger partial charge in [0.15, 0.2) is 11.6 Å². The van der Waals surface area contributed by atoms with Gasteiger partial charge in [-0.1, -0.05) is 35.6 Å². The number of rotatable bonds is 10. The Morgan fingerprint density at radius 1 is 1.00 bits per heavy atom. The van der Waals surface area contributed by atoms with Gasteiger partial charge in [-0.15, -0.1) is 14.5 Å². The van der Waals surface area contributed by atoms with Gasteiger partial charge >= 0.3 is 40.0 Å². The van der Waals surface area contributed by atoms with Gasteiger partial charge in [0.1, 0.15) is 5.82 Å². The fraction of sp³-hybridized carbons (Fsp3) is 0.321. The summed E-state index contributed by atoms with van der Waals surface area (Å²) < 4.78 is 33.4. The zero-order valence-corrected chi connectivity index (χ0v) is 27.3. The molecule has 1 aliphatic carbocycles. The van der Waals surface area contributed by atoms with Crippen molar-refractivity contribution >= 4 is 61.7 Å². The molecule has 0 saturated carbocycles. The summed E-state index contributed by atoms with van der Waals surface area (Å²) in [6.07, 6.45) is 4.84. The number of thiazole rings is 1. The van der Waals surface area contributed by atoms with Crippen LogP contribution in [-0.2, 0) is 18.9 Å². The Morgan fingerprint density at radius 2 is 1.64 bits per heavy atom. The summed E-state index contributed by atoms with van der Waals surface area (Å²) in [5, 5.41) is 10.2. The third kappa shape index (κ3) is 7.22. The van der Waals surface area contributed by atoms with Crippen molar-refractivity contribution in [3.63, 3.8) is 0 Å². The Labute approximate surface area is 272 Å². The molecule has 1 fully saturated rings. The number of carbonyl (C=O) groups excluding carboxylic acids is 2. The van der Waals surface area contributed by atoms with E-state index in [1.807, 2.05) is 0 Å². The van der Waals surface area contributed by atoms with E-state index in [9.17, 15) is 18.0 Å². The van der Waals surface area contributed by atoms with Gasteiger partial charge in [0.25, 0.3) is 0 Å². The van der Waals surface area contributed by atoms with Crippen molar-refractivity contribution < 1.29 is 57.5 Å². The van der Waals surface area contributed by atoms with E-state index < -0.39 is 10.4 Å². The number of hydrogen-bond donors (Lipinski definition) is 0. The molecular formula is C28H30N5NaO6S2. The number of fused-ring (bicyclic) bond motifs is 1. The van der Waals surface area contributed by atoms with Crippen LogP contribution in [0, 0.1) is 0 Å². The third-order valence-electron chi connectivity index (χ3n) is 6.58. The van der Waals surface area contributed by atoms with Crippen LogP contribution in [0.1, 0.15) is 60.1 Å². The summed E-state index contributed by atoms with van der Waals surface area (Å²) in [7, 11) is -4.16. The molecular weight excluding hydrogens is 589 g/mol. The molecule has 0 bridgehead atoms. The van der Waals surface area contributed by atoms with Crippen LogP contribution < -0.4 is 39.5 Å². The van der Waals surface area contributed by atoms with Crippen molar-refractivity contribution in [2.75, 3.05) is 36.2 Å². The van der Waals surface area contributed by atoms with Crippen LogP contribution in [-0.4, -0.2) is 51.2 Å². The van der Waals surface area contributed by atoms with Crippen LogP contribution in [0.2, 0.25) is 0 Å². The van der Waals surface area contributed by atoms with Crippen molar-refractivity contribution in [3.8, 4) is 0 Å². The normalized spacial score (nSPS) is 15.2. The van der Waals surface area contributed by atoms with E-state index in [1.165, 1.54) is 16.4 Å². The zero-order valence-electron chi connectivity index (χ0n) is 24.6. The number of piperidine rings is 1. The summed E-state index contributed by atoms with van der Waals surface area (Å²) in [6.45, 7) is 5.19. The average Bonchev–Trinajstić information content (AvgIpc) is 3.50. The molecule has 1 aromatic heterocycles. The number of ketones is 2. The molecule has 216 valence electrons. The van der Waals surface area contributed by atoms with E-state index in [1.54, 1.807) is 68.5 Å². The Balaban J connectivity index is 0.00000253. The number of azo groups is 1. The zero-order chi connectivity index (χ0) is 29.0. The van der Waals surface area contributed by atoms with Crippen LogP contribution in [0.25, 0.3) is 6.08 Å². The number of Topliss-reactive ketones (excluding diaryl/α,β-unsaturated/α-hetero) is 2. The molecule has 2 heterocycles. The number of nitrogens with zero attached hydrogens (tertiary/aromatic N) is 5. The first-order valence-electron chi connectivity index (χ1n) is 13.3. The van der Waals surface area contributed by atoms with E-state index in [0.29, 0.717) is 38.3 Å². The van der Waals surface area contributed by atoms with E-state index in [2.05, 4.69) is 19.3 Å². The van der Waals surface area contributed by atoms with Crippen LogP contribution in [0.5, 0.6) is 0 Å². The quantitative estimate of drug-likeness (QED) is 0.110. The summed E-state index contributed by atoms with van der Waals surface area (Å²) in [4.78, 5) is 33.6. The molecule has 3 aromatic rings. The number of carbonyl (C=O) groups is 2. The largest absolute Gasteiger partial charge is 1.00 e. The van der Waals surface area contributed by atoms with Crippen LogP contribution in [0.3, 0.4) is 0 Å². The summed E-state index contributed by atoms with van der Waals surface area (Å²) in [5.41, 5.74) is 1.97. The number of allylic oxidation sites excluding steroid dienone is 1. The van der Waals surface area contributed by atoms with Crippen molar-refractivity contribution in [1.82, 2.24) is 4.98 Å². The fourth-order valence-corrected chi connectivity index (χ4v) is 6.25. The number of hydrogen-bond acceptors (Lipinski definition) is 12. The average molecular weight is 620 g/mol. The molecule has 2 aliphatic rings. The molecule has 11 nitrogen and oxygen atoms in total. The molecule has 42 heavy (non-hydrogen) atoms. The Morgan fingerprint density at radius 3 is 2.24 bits per heavy atom. The molecule has 0 N–H and O–H groups in total. The molecule has 0 unspecified atom stereocenters. The first-order chi connectivity index (χ1) is 19.8. The predicted molar refractivity (Wildman–Crippen MR) is 158 cm³/mol. The van der Waals surface area contributed by atoms with Gasteiger partial charge in [0, 0.05) is 30.8 Å². The first-order valence-corrected chi connectivity index (χ1v) is 15.5. The van der Waals surface area contributed by atoms with Crippen molar-refractivity contribution in [1.29, 1.82) is 0 Å². The first kappa shape index (κ1) is 32.1. The predicted octanol–water partition coefficient (Wildman–Crippen LogP) is 3.17. The van der Waals surface area contributed by atoms with E-state index >= 15 is 0 Å². The molecule has 0 atom stereocenters. The maximum Gasteiger partial charge on any atom is 1.00 e. The second-order valence-corrected chi connectivity index (χ2v) is 11.5. The minimum absolute atomic E-state index is 0. The van der Waals surface area contributed by atoms with Gasteiger partial charge < -0.3 is 6.33 Å². The molecule has 5 rings (SSSR count). The summed E-state index contributed by atoms with van der Waals surface area (Å²) >= 11 is 1.26. The smallest absolute Gasteiger partial charge is 1.00 e. The maximum atomic E-state index is 13.0. The number of benzene rings is 2. The molecule has 2 aromatic carbocycles. The summed E-state index contributed by atoms with van der Waals surface area (Å²) in [5.74, 6) is 0.117. The summed E-state index contributed by atoms with van der Waals surface area (Å²) in [6, 6.07) is 13.5. The van der Waals surface area contributed by atoms with E-state index in [-0.39, 0.29) is 61.3 Å². The molecule has 1 aliphatic heterocycles. The standard InChI is InChI=1S/C28H29N5O6S2.Na.H/c1-3-33(39-41(36,37)38-4-2)20-14-12-19(13-15-20)30-31-28-29-27(32-16-8-5-9-17-32)24(40-28)18-23-25(34)21-10-6-7-11-22(21)26(23)35;;/h6-7,10-15,18H,3-5,8-9,16-17H2,1-2H3;;/q;+1;-1. The molecule has 0 radical (unpaired) electrons. The molecule has 0 amide bonds. The topological polar surface area (TPSA) is 131 Å². The van der Waals surface area contributed by atoms with Gasteiger partial charge in [-0.3, -0.25) is 9.59 Å². The van der Waals surface area contributed by atoms with Crippen molar-refractivity contribution in [2.45, 2.75) is 33.1 Å². The van der Waals surface area contributed by atoms with Gasteiger partial charge in [-0.2, -0.15) is 13.4 Å². The van der Waals surface area contributed by atoms with Gasteiger partial charge in [-0.25, -0.2) is 9.25 Å². The minimum Gasteiger partial charge on any atom is -1.00 e. The maximum absolute atomic E-state index is 13.0. The monoisotopic (exact) mass is 619 g/mol. The Bertz CT molecular complexity index is 1590. The van der Waals surface area contributed by atoms with E-state index in [4.69, 9.17) is 9.27 Å². The second kappa shape index (κ2) is 14.1.